The lowest BCUT2D eigenvalue weighted by molar-refractivity contribution is 0.0360. The molecule has 3 fully saturated rings. The van der Waals surface area contributed by atoms with Crippen LogP contribution in [0.15, 0.2) is 22.3 Å². The van der Waals surface area contributed by atoms with Crippen LogP contribution in [0.1, 0.15) is 84.0 Å². The van der Waals surface area contributed by atoms with E-state index in [9.17, 15) is 0 Å². The van der Waals surface area contributed by atoms with Crippen LogP contribution in [0.4, 0.5) is 0 Å². The van der Waals surface area contributed by atoms with Crippen molar-refractivity contribution in [3.8, 4) is 0 Å². The predicted molar refractivity (Wildman–Crippen MR) is 94.6 cm³/mol. The van der Waals surface area contributed by atoms with E-state index >= 15 is 0 Å². The summed E-state index contributed by atoms with van der Waals surface area (Å²) >= 11 is 0. The van der Waals surface area contributed by atoms with Gasteiger partial charge in [-0.05, 0) is 69.6 Å². The molecule has 1 heterocycles. The highest BCUT2D eigenvalue weighted by Gasteiger charge is 2.90. The van der Waals surface area contributed by atoms with Gasteiger partial charge >= 0.3 is 0 Å². The number of hydrogen-bond donors (Lipinski definition) is 0. The van der Waals surface area contributed by atoms with Gasteiger partial charge in [0.25, 0.3) is 0 Å². The molecular weight excluding hydrogens is 292 g/mol. The minimum Gasteiger partial charge on any atom is -0.361 e. The van der Waals surface area contributed by atoms with Gasteiger partial charge in [0, 0.05) is 17.8 Å². The van der Waals surface area contributed by atoms with Crippen LogP contribution in [0, 0.1) is 23.2 Å². The van der Waals surface area contributed by atoms with Crippen molar-refractivity contribution in [2.24, 2.45) is 23.2 Å². The predicted octanol–water partition coefficient (Wildman–Crippen LogP) is 5.71. The summed E-state index contributed by atoms with van der Waals surface area (Å²) in [5.74, 6) is 2.43. The Hall–Kier alpha value is -0.560. The van der Waals surface area contributed by atoms with Crippen LogP contribution < -0.4 is 0 Å². The number of rotatable bonds is 0. The van der Waals surface area contributed by atoms with Gasteiger partial charge in [0.2, 0.25) is 0 Å². The first kappa shape index (κ1) is 13.6. The Bertz CT molecular complexity index is 670. The Morgan fingerprint density at radius 3 is 1.62 bits per heavy atom. The molecular formula is C23H30O. The molecule has 0 aromatic rings. The molecule has 1 saturated heterocycles. The van der Waals surface area contributed by atoms with E-state index in [-0.39, 0.29) is 11.2 Å². The van der Waals surface area contributed by atoms with E-state index in [1.165, 1.54) is 77.0 Å². The largest absolute Gasteiger partial charge is 0.361 e. The van der Waals surface area contributed by atoms with Crippen molar-refractivity contribution in [3.63, 3.8) is 0 Å². The molecule has 6 aliphatic carbocycles. The molecule has 128 valence electrons. The van der Waals surface area contributed by atoms with Gasteiger partial charge in [0.05, 0.1) is 0 Å². The summed E-state index contributed by atoms with van der Waals surface area (Å²) in [6.45, 7) is 2.73. The average molecular weight is 322 g/mol. The smallest absolute Gasteiger partial charge is 0.106 e. The molecule has 1 heteroatoms. The van der Waals surface area contributed by atoms with Crippen molar-refractivity contribution in [2.75, 3.05) is 0 Å². The molecule has 2 saturated carbocycles. The summed E-state index contributed by atoms with van der Waals surface area (Å²) < 4.78 is 6.93. The first-order chi connectivity index (χ1) is 11.7. The molecule has 0 aromatic carbocycles. The standard InChI is InChI=1S/C23H30O/c1-21-18-14-8-2-4-10-16(14)19(21)22-12-6-7-13-23(22,24-22)20(21)17-11-5-3-9-15(17)18/h18-20H,2-13H2,1H3/t18?,19?,20?,21?,22-,23+. The second-order valence-electron chi connectivity index (χ2n) is 10.3. The van der Waals surface area contributed by atoms with Crippen LogP contribution in [-0.2, 0) is 4.74 Å². The monoisotopic (exact) mass is 322 g/mol. The minimum atomic E-state index is 0.285. The summed E-state index contributed by atoms with van der Waals surface area (Å²) in [6, 6.07) is 0. The van der Waals surface area contributed by atoms with E-state index in [1.807, 2.05) is 22.3 Å². The SMILES string of the molecule is CC12C3C4=C(CCCC4)C1[C@@]14CCCC[C@@]1(O4)C2C1=C3CCCC1. The quantitative estimate of drug-likeness (QED) is 0.411. The zero-order valence-electron chi connectivity index (χ0n) is 15.1. The van der Waals surface area contributed by atoms with Gasteiger partial charge in [-0.1, -0.05) is 42.1 Å². The second kappa shape index (κ2) is 3.90. The van der Waals surface area contributed by atoms with E-state index in [0.717, 1.165) is 17.8 Å². The molecule has 24 heavy (non-hydrogen) atoms. The Morgan fingerprint density at radius 1 is 0.667 bits per heavy atom. The highest BCUT2D eigenvalue weighted by Crippen LogP contribution is 2.87. The molecule has 0 radical (unpaired) electrons. The van der Waals surface area contributed by atoms with Gasteiger partial charge < -0.3 is 4.74 Å². The molecule has 7 rings (SSSR count). The van der Waals surface area contributed by atoms with E-state index in [0.29, 0.717) is 5.41 Å². The topological polar surface area (TPSA) is 12.5 Å². The van der Waals surface area contributed by atoms with Gasteiger partial charge in [-0.15, -0.1) is 0 Å². The molecule has 1 aliphatic heterocycles. The van der Waals surface area contributed by atoms with Gasteiger partial charge in [-0.3, -0.25) is 0 Å². The fourth-order valence-corrected chi connectivity index (χ4v) is 9.50. The van der Waals surface area contributed by atoms with Gasteiger partial charge in [0.15, 0.2) is 0 Å². The van der Waals surface area contributed by atoms with Crippen LogP contribution in [0.25, 0.3) is 0 Å². The fourth-order valence-electron chi connectivity index (χ4n) is 9.50. The average Bonchev–Trinajstić information content (AvgIpc) is 2.98. The first-order valence-electron chi connectivity index (χ1n) is 10.9. The Morgan fingerprint density at radius 2 is 1.12 bits per heavy atom. The van der Waals surface area contributed by atoms with Crippen molar-refractivity contribution in [2.45, 2.75) is 95.2 Å². The number of allylic oxidation sites excluding steroid dienone is 2. The summed E-state index contributed by atoms with van der Waals surface area (Å²) in [4.78, 5) is 0. The molecule has 0 bridgehead atoms. The third-order valence-electron chi connectivity index (χ3n) is 9.69. The highest BCUT2D eigenvalue weighted by atomic mass is 16.6. The molecule has 7 aliphatic rings. The van der Waals surface area contributed by atoms with E-state index in [1.54, 1.807) is 0 Å². The van der Waals surface area contributed by atoms with Crippen molar-refractivity contribution in [3.05, 3.63) is 22.3 Å². The minimum absolute atomic E-state index is 0.285. The Labute approximate surface area is 145 Å². The van der Waals surface area contributed by atoms with Crippen LogP contribution >= 0.6 is 0 Å². The normalized spacial score (nSPS) is 56.6. The zero-order valence-corrected chi connectivity index (χ0v) is 15.1. The highest BCUT2D eigenvalue weighted by molar-refractivity contribution is 5.58. The number of ether oxygens (including phenoxy) is 1. The molecule has 6 atom stereocenters. The molecule has 0 N–H and O–H groups in total. The van der Waals surface area contributed by atoms with Gasteiger partial charge in [0.1, 0.15) is 11.2 Å². The molecule has 0 spiro atoms. The van der Waals surface area contributed by atoms with E-state index < -0.39 is 0 Å². The zero-order chi connectivity index (χ0) is 15.7. The Balaban J connectivity index is 1.53. The van der Waals surface area contributed by atoms with Crippen LogP contribution in [0.3, 0.4) is 0 Å². The molecule has 4 unspecified atom stereocenters. The number of hydrogen-bond acceptors (Lipinski definition) is 1. The third-order valence-corrected chi connectivity index (χ3v) is 9.69. The lowest BCUT2D eigenvalue weighted by Gasteiger charge is -2.38. The van der Waals surface area contributed by atoms with Crippen LogP contribution in [0.5, 0.6) is 0 Å². The number of fused-ring (bicyclic) bond motifs is 4. The fraction of sp³-hybridized carbons (Fsp3) is 0.826. The molecule has 0 amide bonds. The second-order valence-corrected chi connectivity index (χ2v) is 10.3. The lowest BCUT2D eigenvalue weighted by Crippen LogP contribution is -2.37. The van der Waals surface area contributed by atoms with E-state index in [2.05, 4.69) is 6.92 Å². The maximum atomic E-state index is 6.93. The first-order valence-corrected chi connectivity index (χ1v) is 10.9. The maximum Gasteiger partial charge on any atom is 0.106 e. The van der Waals surface area contributed by atoms with Crippen molar-refractivity contribution < 1.29 is 4.74 Å². The maximum absolute atomic E-state index is 6.93. The summed E-state index contributed by atoms with van der Waals surface area (Å²) in [6.07, 6.45) is 17.0. The number of epoxide rings is 1. The van der Waals surface area contributed by atoms with Gasteiger partial charge in [-0.2, -0.15) is 0 Å². The summed E-state index contributed by atoms with van der Waals surface area (Å²) in [5.41, 5.74) is 8.83. The summed E-state index contributed by atoms with van der Waals surface area (Å²) in [7, 11) is 0. The molecule has 1 nitrogen and oxygen atoms in total. The van der Waals surface area contributed by atoms with Crippen molar-refractivity contribution >= 4 is 0 Å². The van der Waals surface area contributed by atoms with Crippen LogP contribution in [-0.4, -0.2) is 11.2 Å². The van der Waals surface area contributed by atoms with Crippen LogP contribution in [0.2, 0.25) is 0 Å². The van der Waals surface area contributed by atoms with Crippen molar-refractivity contribution in [1.82, 2.24) is 0 Å². The summed E-state index contributed by atoms with van der Waals surface area (Å²) in [5, 5.41) is 0. The Kier molecular flexibility index (Phi) is 2.21. The lowest BCUT2D eigenvalue weighted by atomic mass is 9.67. The molecule has 0 aromatic heterocycles. The van der Waals surface area contributed by atoms with Gasteiger partial charge in [-0.25, -0.2) is 0 Å². The van der Waals surface area contributed by atoms with Crippen molar-refractivity contribution in [1.29, 1.82) is 0 Å². The third kappa shape index (κ3) is 1.12. The van der Waals surface area contributed by atoms with E-state index in [4.69, 9.17) is 4.74 Å².